The largest absolute Gasteiger partial charge is 0.497 e. The van der Waals surface area contributed by atoms with Gasteiger partial charge < -0.3 is 24.8 Å². The van der Waals surface area contributed by atoms with Gasteiger partial charge in [-0.15, -0.1) is 0 Å². The predicted octanol–water partition coefficient (Wildman–Crippen LogP) is 2.39. The number of nitrogens with one attached hydrogen (secondary N) is 1. The Bertz CT molecular complexity index is 909. The van der Waals surface area contributed by atoms with Crippen molar-refractivity contribution in [1.29, 1.82) is 0 Å². The van der Waals surface area contributed by atoms with Gasteiger partial charge in [0.2, 0.25) is 11.8 Å². The Balaban J connectivity index is 1.71. The minimum absolute atomic E-state index is 0.0524. The maximum Gasteiger partial charge on any atom is 0.335 e. The van der Waals surface area contributed by atoms with Crippen molar-refractivity contribution in [3.8, 4) is 11.5 Å². The van der Waals surface area contributed by atoms with Crippen LogP contribution in [0.15, 0.2) is 42.5 Å². The fraction of sp³-hybridized carbons (Fsp3) is 0.250. The Kier molecular flexibility index (Phi) is 5.49. The van der Waals surface area contributed by atoms with E-state index in [0.717, 1.165) is 0 Å². The number of nitrogens with zero attached hydrogens (tertiary/aromatic N) is 1. The highest BCUT2D eigenvalue weighted by Gasteiger charge is 2.35. The normalized spacial score (nSPS) is 16.0. The van der Waals surface area contributed by atoms with Crippen molar-refractivity contribution >= 4 is 29.2 Å². The Hall–Kier alpha value is -3.55. The van der Waals surface area contributed by atoms with E-state index < -0.39 is 11.9 Å². The molecule has 146 valence electrons. The molecule has 2 N–H and O–H groups in total. The molecular weight excluding hydrogens is 364 g/mol. The van der Waals surface area contributed by atoms with Crippen LogP contribution in [0.5, 0.6) is 11.5 Å². The summed E-state index contributed by atoms with van der Waals surface area (Å²) < 4.78 is 10.3. The maximum atomic E-state index is 12.6. The van der Waals surface area contributed by atoms with Gasteiger partial charge in [0.1, 0.15) is 11.5 Å². The summed E-state index contributed by atoms with van der Waals surface area (Å²) in [6.07, 6.45) is 0.0907. The molecule has 0 spiro atoms. The number of anilines is 2. The lowest BCUT2D eigenvalue weighted by Crippen LogP contribution is -2.28. The quantitative estimate of drug-likeness (QED) is 0.792. The summed E-state index contributed by atoms with van der Waals surface area (Å²) >= 11 is 0. The number of rotatable bonds is 6. The molecule has 1 aliphatic rings. The van der Waals surface area contributed by atoms with E-state index in [4.69, 9.17) is 14.6 Å². The van der Waals surface area contributed by atoms with Crippen molar-refractivity contribution in [1.82, 2.24) is 0 Å². The van der Waals surface area contributed by atoms with Gasteiger partial charge in [0.15, 0.2) is 0 Å². The van der Waals surface area contributed by atoms with Crippen molar-refractivity contribution in [2.24, 2.45) is 5.92 Å². The average molecular weight is 384 g/mol. The molecule has 1 atom stereocenters. The average Bonchev–Trinajstić information content (AvgIpc) is 3.10. The summed E-state index contributed by atoms with van der Waals surface area (Å²) in [5.41, 5.74) is 1.11. The molecule has 8 heteroatoms. The Morgan fingerprint density at radius 1 is 1.11 bits per heavy atom. The van der Waals surface area contributed by atoms with Crippen LogP contribution < -0.4 is 19.7 Å². The van der Waals surface area contributed by atoms with Crippen molar-refractivity contribution in [2.45, 2.75) is 6.42 Å². The second-order valence-corrected chi connectivity index (χ2v) is 6.31. The lowest BCUT2D eigenvalue weighted by Gasteiger charge is -2.17. The standard InChI is InChI=1S/C20H20N2O6/c1-27-15-6-4-14(5-7-15)22-11-13(10-18(22)23)19(24)21-16-8-3-12(20(25)26)9-17(16)28-2/h3-9,13H,10-11H2,1-2H3,(H,21,24)(H,25,26). The first-order valence-electron chi connectivity index (χ1n) is 8.59. The number of amides is 2. The van der Waals surface area contributed by atoms with Crippen LogP contribution in [0, 0.1) is 5.92 Å². The molecule has 0 aliphatic carbocycles. The number of hydrogen-bond donors (Lipinski definition) is 2. The SMILES string of the molecule is COc1ccc(N2CC(C(=O)Nc3ccc(C(=O)O)cc3OC)CC2=O)cc1. The summed E-state index contributed by atoms with van der Waals surface area (Å²) in [5.74, 6) is -1.17. The molecule has 3 rings (SSSR count). The number of aromatic carboxylic acids is 1. The Labute approximate surface area is 161 Å². The summed E-state index contributed by atoms with van der Waals surface area (Å²) in [6, 6.07) is 11.2. The summed E-state index contributed by atoms with van der Waals surface area (Å²) in [5, 5.41) is 11.8. The second kappa shape index (κ2) is 7.99. The third-order valence-corrected chi connectivity index (χ3v) is 4.59. The minimum Gasteiger partial charge on any atom is -0.497 e. The van der Waals surface area contributed by atoms with E-state index in [9.17, 15) is 14.4 Å². The predicted molar refractivity (Wildman–Crippen MR) is 102 cm³/mol. The van der Waals surface area contributed by atoms with Gasteiger partial charge in [0.05, 0.1) is 31.4 Å². The molecule has 2 aromatic carbocycles. The zero-order valence-electron chi connectivity index (χ0n) is 15.5. The highest BCUT2D eigenvalue weighted by molar-refractivity contribution is 6.04. The zero-order valence-corrected chi connectivity index (χ0v) is 15.5. The third kappa shape index (κ3) is 3.90. The van der Waals surface area contributed by atoms with Gasteiger partial charge in [-0.05, 0) is 42.5 Å². The Morgan fingerprint density at radius 3 is 2.43 bits per heavy atom. The van der Waals surface area contributed by atoms with E-state index in [1.165, 1.54) is 25.3 Å². The van der Waals surface area contributed by atoms with Gasteiger partial charge in [-0.3, -0.25) is 9.59 Å². The molecule has 8 nitrogen and oxygen atoms in total. The van der Waals surface area contributed by atoms with E-state index in [-0.39, 0.29) is 36.1 Å². The van der Waals surface area contributed by atoms with Gasteiger partial charge >= 0.3 is 5.97 Å². The zero-order chi connectivity index (χ0) is 20.3. The van der Waals surface area contributed by atoms with Crippen LogP contribution in [0.3, 0.4) is 0 Å². The number of methoxy groups -OCH3 is 2. The molecule has 0 saturated carbocycles. The summed E-state index contributed by atoms with van der Waals surface area (Å²) in [6.45, 7) is 0.256. The van der Waals surface area contributed by atoms with Crippen molar-refractivity contribution in [3.05, 3.63) is 48.0 Å². The molecule has 2 aromatic rings. The van der Waals surface area contributed by atoms with Gasteiger partial charge in [0.25, 0.3) is 0 Å². The molecule has 1 fully saturated rings. The number of ether oxygens (including phenoxy) is 2. The number of carboxylic acids is 1. The van der Waals surface area contributed by atoms with E-state index in [0.29, 0.717) is 17.1 Å². The maximum absolute atomic E-state index is 12.6. The monoisotopic (exact) mass is 384 g/mol. The smallest absolute Gasteiger partial charge is 0.335 e. The second-order valence-electron chi connectivity index (χ2n) is 6.31. The van der Waals surface area contributed by atoms with Crippen LogP contribution >= 0.6 is 0 Å². The van der Waals surface area contributed by atoms with E-state index in [1.807, 2.05) is 0 Å². The highest BCUT2D eigenvalue weighted by atomic mass is 16.5. The first kappa shape index (κ1) is 19.2. The van der Waals surface area contributed by atoms with Crippen LogP contribution in [0.25, 0.3) is 0 Å². The van der Waals surface area contributed by atoms with E-state index >= 15 is 0 Å². The number of carbonyl (C=O) groups is 3. The van der Waals surface area contributed by atoms with E-state index in [2.05, 4.69) is 5.32 Å². The van der Waals surface area contributed by atoms with Gasteiger partial charge in [-0.1, -0.05) is 0 Å². The van der Waals surface area contributed by atoms with Crippen LogP contribution in [0.4, 0.5) is 11.4 Å². The topological polar surface area (TPSA) is 105 Å². The van der Waals surface area contributed by atoms with E-state index in [1.54, 1.807) is 36.3 Å². The number of carbonyl (C=O) groups excluding carboxylic acids is 2. The number of benzene rings is 2. The molecule has 1 saturated heterocycles. The molecule has 1 aliphatic heterocycles. The van der Waals surface area contributed by atoms with Gasteiger partial charge in [-0.25, -0.2) is 4.79 Å². The summed E-state index contributed by atoms with van der Waals surface area (Å²) in [7, 11) is 2.95. The molecular formula is C20H20N2O6. The van der Waals surface area contributed by atoms with Crippen molar-refractivity contribution < 1.29 is 29.0 Å². The lowest BCUT2D eigenvalue weighted by atomic mass is 10.1. The van der Waals surface area contributed by atoms with Crippen LogP contribution in [-0.4, -0.2) is 43.7 Å². The number of hydrogen-bond acceptors (Lipinski definition) is 5. The molecule has 28 heavy (non-hydrogen) atoms. The number of carboxylic acid groups (broad SMARTS) is 1. The highest BCUT2D eigenvalue weighted by Crippen LogP contribution is 2.30. The van der Waals surface area contributed by atoms with Gasteiger partial charge in [0, 0.05) is 18.7 Å². The van der Waals surface area contributed by atoms with Crippen molar-refractivity contribution in [3.63, 3.8) is 0 Å². The molecule has 1 heterocycles. The van der Waals surface area contributed by atoms with Crippen LogP contribution in [0.1, 0.15) is 16.8 Å². The third-order valence-electron chi connectivity index (χ3n) is 4.59. The fourth-order valence-electron chi connectivity index (χ4n) is 3.06. The van der Waals surface area contributed by atoms with Crippen LogP contribution in [-0.2, 0) is 9.59 Å². The van der Waals surface area contributed by atoms with Gasteiger partial charge in [-0.2, -0.15) is 0 Å². The molecule has 0 radical (unpaired) electrons. The minimum atomic E-state index is -1.09. The fourth-order valence-corrected chi connectivity index (χ4v) is 3.06. The van der Waals surface area contributed by atoms with Crippen LogP contribution in [0.2, 0.25) is 0 Å². The first-order valence-corrected chi connectivity index (χ1v) is 8.59. The molecule has 2 amide bonds. The lowest BCUT2D eigenvalue weighted by molar-refractivity contribution is -0.122. The molecule has 1 unspecified atom stereocenters. The first-order chi connectivity index (χ1) is 13.4. The molecule has 0 aromatic heterocycles. The van der Waals surface area contributed by atoms with Crippen molar-refractivity contribution in [2.75, 3.05) is 31.0 Å². The molecule has 0 bridgehead atoms. The summed E-state index contributed by atoms with van der Waals surface area (Å²) in [4.78, 5) is 37.6. The Morgan fingerprint density at radius 2 is 1.82 bits per heavy atom.